The Balaban J connectivity index is 2.14. The van der Waals surface area contributed by atoms with Crippen LogP contribution in [0.5, 0.6) is 0 Å². The number of hydrogen-bond donors (Lipinski definition) is 0. The van der Waals surface area contributed by atoms with Gasteiger partial charge in [0.05, 0.1) is 23.6 Å². The van der Waals surface area contributed by atoms with Gasteiger partial charge in [-0.1, -0.05) is 12.1 Å². The van der Waals surface area contributed by atoms with Crippen molar-refractivity contribution in [3.05, 3.63) is 35.6 Å². The number of benzene rings is 1. The first-order valence-electron chi connectivity index (χ1n) is 4.61. The molecule has 0 saturated heterocycles. The van der Waals surface area contributed by atoms with Gasteiger partial charge in [0, 0.05) is 5.75 Å². The van der Waals surface area contributed by atoms with E-state index < -0.39 is 0 Å². The molecule has 1 atom stereocenters. The molecule has 0 saturated carbocycles. The van der Waals surface area contributed by atoms with Gasteiger partial charge in [-0.3, -0.25) is 4.99 Å². The van der Waals surface area contributed by atoms with E-state index in [1.54, 1.807) is 23.9 Å². The van der Waals surface area contributed by atoms with E-state index in [1.165, 1.54) is 12.1 Å². The molecule has 0 aromatic heterocycles. The predicted molar refractivity (Wildman–Crippen MR) is 59.3 cm³/mol. The van der Waals surface area contributed by atoms with Gasteiger partial charge in [0.25, 0.3) is 0 Å². The Kier molecular flexibility index (Phi) is 3.02. The maximum Gasteiger partial charge on any atom is 0.123 e. The van der Waals surface area contributed by atoms with Gasteiger partial charge in [-0.2, -0.15) is 5.26 Å². The quantitative estimate of drug-likeness (QED) is 0.768. The first-order valence-corrected chi connectivity index (χ1v) is 5.60. The summed E-state index contributed by atoms with van der Waals surface area (Å²) in [7, 11) is 0. The Labute approximate surface area is 91.8 Å². The smallest absolute Gasteiger partial charge is 0.123 e. The standard InChI is InChI=1S/C11H9FN2S/c12-9-3-1-8(2-4-9)10-7-15-11(14-10)5-6-13/h1-4,10H,5,7H2. The summed E-state index contributed by atoms with van der Waals surface area (Å²) >= 11 is 1.61. The Morgan fingerprint density at radius 1 is 1.47 bits per heavy atom. The van der Waals surface area contributed by atoms with Crippen LogP contribution in [0, 0.1) is 17.1 Å². The van der Waals surface area contributed by atoms with E-state index in [1.807, 2.05) is 0 Å². The summed E-state index contributed by atoms with van der Waals surface area (Å²) in [5, 5.41) is 9.41. The molecular weight excluding hydrogens is 211 g/mol. The van der Waals surface area contributed by atoms with E-state index in [0.29, 0.717) is 6.42 Å². The molecule has 0 aliphatic carbocycles. The molecule has 2 nitrogen and oxygen atoms in total. The highest BCUT2D eigenvalue weighted by atomic mass is 32.2. The maximum absolute atomic E-state index is 12.7. The van der Waals surface area contributed by atoms with Crippen molar-refractivity contribution in [1.29, 1.82) is 5.26 Å². The molecule has 1 unspecified atom stereocenters. The first-order chi connectivity index (χ1) is 7.29. The topological polar surface area (TPSA) is 36.1 Å². The number of halogens is 1. The van der Waals surface area contributed by atoms with Crippen molar-refractivity contribution >= 4 is 16.8 Å². The normalized spacial score (nSPS) is 19.7. The summed E-state index contributed by atoms with van der Waals surface area (Å²) < 4.78 is 12.7. The lowest BCUT2D eigenvalue weighted by Crippen LogP contribution is -1.93. The highest BCUT2D eigenvalue weighted by Crippen LogP contribution is 2.31. The molecule has 0 fully saturated rings. The van der Waals surface area contributed by atoms with E-state index in [4.69, 9.17) is 5.26 Å². The van der Waals surface area contributed by atoms with Crippen LogP contribution in [0.25, 0.3) is 0 Å². The van der Waals surface area contributed by atoms with Crippen LogP contribution in [0.2, 0.25) is 0 Å². The monoisotopic (exact) mass is 220 g/mol. The highest BCUT2D eigenvalue weighted by Gasteiger charge is 2.19. The lowest BCUT2D eigenvalue weighted by Gasteiger charge is -2.04. The fourth-order valence-electron chi connectivity index (χ4n) is 1.44. The molecule has 1 aromatic carbocycles. The molecule has 4 heteroatoms. The third-order valence-corrected chi connectivity index (χ3v) is 3.26. The minimum Gasteiger partial charge on any atom is -0.273 e. The van der Waals surface area contributed by atoms with Crippen LogP contribution in [0.15, 0.2) is 29.3 Å². The minimum absolute atomic E-state index is 0.0824. The average Bonchev–Trinajstić information content (AvgIpc) is 2.68. The largest absolute Gasteiger partial charge is 0.273 e. The minimum atomic E-state index is -0.231. The summed E-state index contributed by atoms with van der Waals surface area (Å²) in [6, 6.07) is 8.54. The molecule has 15 heavy (non-hydrogen) atoms. The molecular formula is C11H9FN2S. The van der Waals surface area contributed by atoms with Gasteiger partial charge in [0.2, 0.25) is 0 Å². The number of rotatable bonds is 2. The fourth-order valence-corrected chi connectivity index (χ4v) is 2.43. The molecule has 1 aliphatic rings. The Morgan fingerprint density at radius 3 is 2.87 bits per heavy atom. The van der Waals surface area contributed by atoms with Crippen molar-refractivity contribution in [3.63, 3.8) is 0 Å². The third kappa shape index (κ3) is 2.37. The molecule has 1 heterocycles. The lowest BCUT2D eigenvalue weighted by atomic mass is 10.1. The van der Waals surface area contributed by atoms with Crippen LogP contribution in [-0.4, -0.2) is 10.8 Å². The molecule has 0 bridgehead atoms. The van der Waals surface area contributed by atoms with Crippen LogP contribution in [0.4, 0.5) is 4.39 Å². The fraction of sp³-hybridized carbons (Fsp3) is 0.273. The van der Waals surface area contributed by atoms with Crippen molar-refractivity contribution in [3.8, 4) is 6.07 Å². The van der Waals surface area contributed by atoms with Crippen molar-refractivity contribution in [2.75, 3.05) is 5.75 Å². The molecule has 1 aromatic rings. The Hall–Kier alpha value is -1.34. The summed E-state index contributed by atoms with van der Waals surface area (Å²) in [6.07, 6.45) is 0.377. The van der Waals surface area contributed by atoms with Gasteiger partial charge in [-0.05, 0) is 17.7 Å². The zero-order chi connectivity index (χ0) is 10.7. The van der Waals surface area contributed by atoms with Crippen LogP contribution in [-0.2, 0) is 0 Å². The summed E-state index contributed by atoms with van der Waals surface area (Å²) in [5.74, 6) is 0.619. The molecule has 0 radical (unpaired) electrons. The molecule has 0 amide bonds. The van der Waals surface area contributed by atoms with Crippen LogP contribution >= 0.6 is 11.8 Å². The van der Waals surface area contributed by atoms with Crippen LogP contribution in [0.1, 0.15) is 18.0 Å². The third-order valence-electron chi connectivity index (χ3n) is 2.19. The second-order valence-electron chi connectivity index (χ2n) is 3.24. The van der Waals surface area contributed by atoms with Gasteiger partial charge in [0.15, 0.2) is 0 Å². The van der Waals surface area contributed by atoms with Gasteiger partial charge in [-0.15, -0.1) is 11.8 Å². The zero-order valence-electron chi connectivity index (χ0n) is 7.98. The zero-order valence-corrected chi connectivity index (χ0v) is 8.80. The van der Waals surface area contributed by atoms with Gasteiger partial charge in [-0.25, -0.2) is 4.39 Å². The van der Waals surface area contributed by atoms with E-state index in [9.17, 15) is 4.39 Å². The lowest BCUT2D eigenvalue weighted by molar-refractivity contribution is 0.626. The molecule has 76 valence electrons. The van der Waals surface area contributed by atoms with Gasteiger partial charge < -0.3 is 0 Å². The summed E-state index contributed by atoms with van der Waals surface area (Å²) in [6.45, 7) is 0. The molecule has 0 N–H and O–H groups in total. The van der Waals surface area contributed by atoms with E-state index >= 15 is 0 Å². The average molecular weight is 220 g/mol. The maximum atomic E-state index is 12.7. The summed E-state index contributed by atoms with van der Waals surface area (Å²) in [5.41, 5.74) is 1.01. The number of nitriles is 1. The van der Waals surface area contributed by atoms with Crippen LogP contribution in [0.3, 0.4) is 0 Å². The number of thioether (sulfide) groups is 1. The van der Waals surface area contributed by atoms with E-state index in [2.05, 4.69) is 11.1 Å². The highest BCUT2D eigenvalue weighted by molar-refractivity contribution is 8.14. The number of hydrogen-bond acceptors (Lipinski definition) is 3. The van der Waals surface area contributed by atoms with Gasteiger partial charge >= 0.3 is 0 Å². The summed E-state index contributed by atoms with van der Waals surface area (Å²) in [4.78, 5) is 4.41. The Morgan fingerprint density at radius 2 is 2.20 bits per heavy atom. The SMILES string of the molecule is N#CCC1=NC(c2ccc(F)cc2)CS1. The van der Waals surface area contributed by atoms with Crippen molar-refractivity contribution in [1.82, 2.24) is 0 Å². The number of nitrogens with zero attached hydrogens (tertiary/aromatic N) is 2. The van der Waals surface area contributed by atoms with Crippen molar-refractivity contribution in [2.45, 2.75) is 12.5 Å². The molecule has 2 rings (SSSR count). The number of aliphatic imine (C=N–C) groups is 1. The Bertz CT molecular complexity index is 419. The molecule has 0 spiro atoms. The second-order valence-corrected chi connectivity index (χ2v) is 4.33. The van der Waals surface area contributed by atoms with Crippen molar-refractivity contribution < 1.29 is 4.39 Å². The van der Waals surface area contributed by atoms with Crippen molar-refractivity contribution in [2.24, 2.45) is 4.99 Å². The van der Waals surface area contributed by atoms with E-state index in [-0.39, 0.29) is 11.9 Å². The van der Waals surface area contributed by atoms with Gasteiger partial charge in [0.1, 0.15) is 5.82 Å². The van der Waals surface area contributed by atoms with E-state index in [0.717, 1.165) is 16.4 Å². The second kappa shape index (κ2) is 4.45. The first kappa shape index (κ1) is 10.2. The van der Waals surface area contributed by atoms with Crippen LogP contribution < -0.4 is 0 Å². The predicted octanol–water partition coefficient (Wildman–Crippen LogP) is 2.93. The molecule has 1 aliphatic heterocycles.